The van der Waals surface area contributed by atoms with Gasteiger partial charge in [0.1, 0.15) is 6.04 Å². The Balaban J connectivity index is 1.50. The number of imide groups is 1. The average Bonchev–Trinajstić information content (AvgIpc) is 3.28. The van der Waals surface area contributed by atoms with Crippen LogP contribution in [0.25, 0.3) is 22.5 Å². The van der Waals surface area contributed by atoms with E-state index in [0.29, 0.717) is 18.5 Å². The number of aryl methyl sites for hydroxylation is 1. The van der Waals surface area contributed by atoms with Crippen LogP contribution in [-0.2, 0) is 23.2 Å². The third kappa shape index (κ3) is 2.90. The van der Waals surface area contributed by atoms with Gasteiger partial charge in [0.25, 0.3) is 5.91 Å². The smallest absolute Gasteiger partial charge is 0.255 e. The second kappa shape index (κ2) is 6.95. The van der Waals surface area contributed by atoms with Gasteiger partial charge >= 0.3 is 0 Å². The van der Waals surface area contributed by atoms with Crippen LogP contribution < -0.4 is 5.32 Å². The molecule has 5 rings (SSSR count). The monoisotopic (exact) mass is 400 g/mol. The summed E-state index contributed by atoms with van der Waals surface area (Å²) >= 11 is 0. The number of carbonyl (C=O) groups is 3. The Labute approximate surface area is 173 Å². The maximum atomic E-state index is 12.9. The van der Waals surface area contributed by atoms with Crippen LogP contribution in [0.1, 0.15) is 28.8 Å². The van der Waals surface area contributed by atoms with E-state index in [1.54, 1.807) is 11.2 Å². The molecule has 150 valence electrons. The third-order valence-corrected chi connectivity index (χ3v) is 5.78. The molecule has 30 heavy (non-hydrogen) atoms. The number of amides is 3. The van der Waals surface area contributed by atoms with Crippen molar-refractivity contribution < 1.29 is 14.4 Å². The summed E-state index contributed by atoms with van der Waals surface area (Å²) in [5, 5.41) is 2.34. The summed E-state index contributed by atoms with van der Waals surface area (Å²) in [6.45, 7) is 0.354. The van der Waals surface area contributed by atoms with E-state index in [9.17, 15) is 14.4 Å². The molecule has 0 aliphatic carbocycles. The maximum absolute atomic E-state index is 12.9. The molecule has 0 spiro atoms. The Bertz CT molecular complexity index is 1180. The van der Waals surface area contributed by atoms with Gasteiger partial charge in [0.05, 0.1) is 17.7 Å². The van der Waals surface area contributed by atoms with Crippen LogP contribution in [0.4, 0.5) is 0 Å². The summed E-state index contributed by atoms with van der Waals surface area (Å²) in [5.74, 6) is -0.850. The summed E-state index contributed by atoms with van der Waals surface area (Å²) in [6.07, 6.45) is 2.39. The number of carbonyl (C=O) groups excluding carboxylic acids is 3. The van der Waals surface area contributed by atoms with Gasteiger partial charge < -0.3 is 9.47 Å². The lowest BCUT2D eigenvalue weighted by atomic mass is 10.0. The largest absolute Gasteiger partial charge is 0.333 e. The molecule has 7 heteroatoms. The molecule has 1 saturated heterocycles. The topological polar surface area (TPSA) is 84.3 Å². The van der Waals surface area contributed by atoms with Gasteiger partial charge in [0.15, 0.2) is 0 Å². The first-order chi connectivity index (χ1) is 14.5. The minimum absolute atomic E-state index is 0.167. The second-order valence-corrected chi connectivity index (χ2v) is 7.69. The molecule has 2 aromatic carbocycles. The number of nitrogens with zero attached hydrogens (tertiary/aromatic N) is 3. The fourth-order valence-electron chi connectivity index (χ4n) is 4.30. The summed E-state index contributed by atoms with van der Waals surface area (Å²) in [6, 6.07) is 15.1. The lowest BCUT2D eigenvalue weighted by molar-refractivity contribution is -0.136. The van der Waals surface area contributed by atoms with Gasteiger partial charge in [-0.3, -0.25) is 19.7 Å². The summed E-state index contributed by atoms with van der Waals surface area (Å²) in [7, 11) is 1.95. The summed E-state index contributed by atoms with van der Waals surface area (Å²) < 4.78 is 1.97. The van der Waals surface area contributed by atoms with Crippen LogP contribution in [0.15, 0.2) is 54.9 Å². The van der Waals surface area contributed by atoms with Gasteiger partial charge in [-0.25, -0.2) is 4.98 Å². The van der Waals surface area contributed by atoms with Gasteiger partial charge in [0, 0.05) is 36.7 Å². The molecule has 2 aliphatic rings. The number of piperidine rings is 1. The summed E-state index contributed by atoms with van der Waals surface area (Å²) in [4.78, 5) is 42.8. The van der Waals surface area contributed by atoms with E-state index in [4.69, 9.17) is 0 Å². The second-order valence-electron chi connectivity index (χ2n) is 7.69. The Morgan fingerprint density at radius 3 is 2.60 bits per heavy atom. The molecule has 3 amide bonds. The SMILES string of the molecule is Cn1cnc(-c2ccccc2)c1-c1ccc2c(c1)CN(C1CCC(=O)NC1=O)C2=O. The fourth-order valence-corrected chi connectivity index (χ4v) is 4.30. The lowest BCUT2D eigenvalue weighted by Gasteiger charge is -2.29. The van der Waals surface area contributed by atoms with Gasteiger partial charge in [-0.05, 0) is 24.1 Å². The van der Waals surface area contributed by atoms with Gasteiger partial charge in [-0.2, -0.15) is 0 Å². The number of rotatable bonds is 3. The van der Waals surface area contributed by atoms with Crippen molar-refractivity contribution >= 4 is 17.7 Å². The zero-order valence-electron chi connectivity index (χ0n) is 16.5. The highest BCUT2D eigenvalue weighted by Gasteiger charge is 2.39. The van der Waals surface area contributed by atoms with Crippen LogP contribution in [0.5, 0.6) is 0 Å². The molecule has 1 fully saturated rings. The number of hydrogen-bond donors (Lipinski definition) is 1. The normalized spacial score (nSPS) is 18.5. The third-order valence-electron chi connectivity index (χ3n) is 5.78. The molecule has 1 unspecified atom stereocenters. The Hall–Kier alpha value is -3.74. The highest BCUT2D eigenvalue weighted by atomic mass is 16.2. The maximum Gasteiger partial charge on any atom is 0.255 e. The highest BCUT2D eigenvalue weighted by Crippen LogP contribution is 2.35. The lowest BCUT2D eigenvalue weighted by Crippen LogP contribution is -2.52. The minimum Gasteiger partial charge on any atom is -0.333 e. The van der Waals surface area contributed by atoms with E-state index in [2.05, 4.69) is 10.3 Å². The minimum atomic E-state index is -0.609. The standard InChI is InChI=1S/C23H20N4O3/c1-26-13-24-20(14-5-3-2-4-6-14)21(26)15-7-8-17-16(11-15)12-27(23(17)30)18-9-10-19(28)25-22(18)29/h2-8,11,13,18H,9-10,12H2,1H3,(H,25,28,29). The quantitative estimate of drug-likeness (QED) is 0.685. The number of fused-ring (bicyclic) bond motifs is 1. The fraction of sp³-hybridized carbons (Fsp3) is 0.217. The Morgan fingerprint density at radius 1 is 1.03 bits per heavy atom. The first-order valence-corrected chi connectivity index (χ1v) is 9.87. The molecule has 0 radical (unpaired) electrons. The molecular formula is C23H20N4O3. The van der Waals surface area contributed by atoms with E-state index in [1.165, 1.54) is 0 Å². The van der Waals surface area contributed by atoms with Crippen molar-refractivity contribution in [2.75, 3.05) is 0 Å². The van der Waals surface area contributed by atoms with Crippen LogP contribution >= 0.6 is 0 Å². The molecule has 1 atom stereocenters. The van der Waals surface area contributed by atoms with E-state index in [1.807, 2.05) is 60.1 Å². The molecule has 3 aromatic rings. The average molecular weight is 400 g/mol. The van der Waals surface area contributed by atoms with E-state index in [-0.39, 0.29) is 18.2 Å². The van der Waals surface area contributed by atoms with Crippen LogP contribution in [-0.4, -0.2) is 38.2 Å². The Morgan fingerprint density at radius 2 is 1.83 bits per heavy atom. The van der Waals surface area contributed by atoms with E-state index < -0.39 is 11.9 Å². The number of imidazole rings is 1. The van der Waals surface area contributed by atoms with Crippen molar-refractivity contribution in [2.24, 2.45) is 7.05 Å². The molecule has 0 saturated carbocycles. The molecule has 1 aromatic heterocycles. The van der Waals surface area contributed by atoms with Crippen molar-refractivity contribution in [3.8, 4) is 22.5 Å². The number of hydrogen-bond acceptors (Lipinski definition) is 4. The van der Waals surface area contributed by atoms with Crippen molar-refractivity contribution in [1.82, 2.24) is 19.8 Å². The van der Waals surface area contributed by atoms with E-state index >= 15 is 0 Å². The van der Waals surface area contributed by atoms with Crippen LogP contribution in [0.3, 0.4) is 0 Å². The molecule has 2 aliphatic heterocycles. The molecule has 3 heterocycles. The zero-order valence-corrected chi connectivity index (χ0v) is 16.5. The predicted molar refractivity (Wildman–Crippen MR) is 110 cm³/mol. The molecule has 0 bridgehead atoms. The highest BCUT2D eigenvalue weighted by molar-refractivity contribution is 6.05. The first kappa shape index (κ1) is 18.3. The number of benzene rings is 2. The van der Waals surface area contributed by atoms with Crippen molar-refractivity contribution in [2.45, 2.75) is 25.4 Å². The number of nitrogens with one attached hydrogen (secondary N) is 1. The molecule has 7 nitrogen and oxygen atoms in total. The van der Waals surface area contributed by atoms with Crippen molar-refractivity contribution in [3.05, 3.63) is 66.0 Å². The van der Waals surface area contributed by atoms with Gasteiger partial charge in [-0.1, -0.05) is 36.4 Å². The molecule has 1 N–H and O–H groups in total. The van der Waals surface area contributed by atoms with Gasteiger partial charge in [-0.15, -0.1) is 0 Å². The zero-order chi connectivity index (χ0) is 20.8. The Kier molecular flexibility index (Phi) is 4.24. The van der Waals surface area contributed by atoms with Gasteiger partial charge in [0.2, 0.25) is 11.8 Å². The van der Waals surface area contributed by atoms with Crippen LogP contribution in [0, 0.1) is 0 Å². The number of aromatic nitrogens is 2. The van der Waals surface area contributed by atoms with Crippen LogP contribution in [0.2, 0.25) is 0 Å². The van der Waals surface area contributed by atoms with Crippen molar-refractivity contribution in [3.63, 3.8) is 0 Å². The molecular weight excluding hydrogens is 380 g/mol. The summed E-state index contributed by atoms with van der Waals surface area (Å²) in [5.41, 5.74) is 5.31. The van der Waals surface area contributed by atoms with E-state index in [0.717, 1.165) is 28.1 Å². The first-order valence-electron chi connectivity index (χ1n) is 9.87. The van der Waals surface area contributed by atoms with Crippen molar-refractivity contribution in [1.29, 1.82) is 0 Å². The predicted octanol–water partition coefficient (Wildman–Crippen LogP) is 2.52.